The summed E-state index contributed by atoms with van der Waals surface area (Å²) in [5.41, 5.74) is -1.93. The van der Waals surface area contributed by atoms with Crippen molar-refractivity contribution in [3.8, 4) is 11.5 Å². The van der Waals surface area contributed by atoms with Gasteiger partial charge in [0.1, 0.15) is 10.5 Å². The van der Waals surface area contributed by atoms with Crippen molar-refractivity contribution in [1.82, 2.24) is 9.80 Å². The predicted octanol–water partition coefficient (Wildman–Crippen LogP) is 3.90. The first-order chi connectivity index (χ1) is 18.0. The van der Waals surface area contributed by atoms with Crippen LogP contribution in [0.25, 0.3) is 0 Å². The number of benzene rings is 2. The number of carbonyl (C=O) groups is 3. The number of nitro groups is 1. The Balaban J connectivity index is 3.06. The number of esters is 1. The van der Waals surface area contributed by atoms with E-state index in [9.17, 15) is 32.9 Å². The minimum Gasteiger partial charge on any atom is -0.465 e. The number of hydrogen-bond acceptors (Lipinski definition) is 10. The molecule has 0 unspecified atom stereocenters. The average molecular weight is 552 g/mol. The molecule has 0 atom stereocenters. The Kier molecular flexibility index (Phi) is 10.2. The number of ether oxygens (including phenoxy) is 3. The van der Waals surface area contributed by atoms with E-state index in [-0.39, 0.29) is 31.1 Å². The standard InChI is InChI=1S/C24H29N3O10S/c1-6-25(7-2)23(29)36-20-18(38(33,34)16-13-11-10-12-14-16)15-17(22(28)35-5)19(27(31)32)21(20)37-24(30)26(8-3)9-4/h10-15H,6-9H2,1-5H3. The molecule has 0 aliphatic rings. The van der Waals surface area contributed by atoms with Crippen LogP contribution in [0.5, 0.6) is 11.5 Å². The first-order valence-corrected chi connectivity index (χ1v) is 13.1. The Morgan fingerprint density at radius 2 is 1.34 bits per heavy atom. The minimum atomic E-state index is -4.58. The molecule has 2 aromatic rings. The summed E-state index contributed by atoms with van der Waals surface area (Å²) in [6.07, 6.45) is -2.15. The molecule has 0 heterocycles. The van der Waals surface area contributed by atoms with Gasteiger partial charge in [-0.25, -0.2) is 22.8 Å². The Morgan fingerprint density at radius 3 is 1.76 bits per heavy atom. The van der Waals surface area contributed by atoms with Gasteiger partial charge in [-0.1, -0.05) is 18.2 Å². The third-order valence-electron chi connectivity index (χ3n) is 5.53. The van der Waals surface area contributed by atoms with Crippen LogP contribution < -0.4 is 9.47 Å². The molecule has 0 aromatic heterocycles. The molecule has 38 heavy (non-hydrogen) atoms. The molecule has 0 aliphatic carbocycles. The summed E-state index contributed by atoms with van der Waals surface area (Å²) in [6, 6.07) is 7.59. The molecule has 2 aromatic carbocycles. The maximum absolute atomic E-state index is 13.7. The second kappa shape index (κ2) is 12.9. The lowest BCUT2D eigenvalue weighted by molar-refractivity contribution is -0.386. The lowest BCUT2D eigenvalue weighted by Gasteiger charge is -2.23. The summed E-state index contributed by atoms with van der Waals surface area (Å²) in [7, 11) is -3.64. The molecule has 206 valence electrons. The Morgan fingerprint density at radius 1 is 0.868 bits per heavy atom. The summed E-state index contributed by atoms with van der Waals surface area (Å²) >= 11 is 0. The van der Waals surface area contributed by atoms with Gasteiger partial charge in [0.25, 0.3) is 5.75 Å². The lowest BCUT2D eigenvalue weighted by atomic mass is 10.1. The number of nitro benzene ring substituents is 1. The van der Waals surface area contributed by atoms with Crippen molar-refractivity contribution in [2.75, 3.05) is 33.3 Å². The molecule has 0 aliphatic heterocycles. The molecule has 0 radical (unpaired) electrons. The van der Waals surface area contributed by atoms with Crippen molar-refractivity contribution in [2.45, 2.75) is 37.5 Å². The van der Waals surface area contributed by atoms with E-state index in [2.05, 4.69) is 4.74 Å². The molecular weight excluding hydrogens is 522 g/mol. The first kappa shape index (κ1) is 30.0. The van der Waals surface area contributed by atoms with E-state index in [1.807, 2.05) is 0 Å². The molecule has 0 spiro atoms. The predicted molar refractivity (Wildman–Crippen MR) is 134 cm³/mol. The van der Waals surface area contributed by atoms with Gasteiger partial charge in [0, 0.05) is 26.2 Å². The smallest absolute Gasteiger partial charge is 0.415 e. The summed E-state index contributed by atoms with van der Waals surface area (Å²) < 4.78 is 42.7. The fourth-order valence-electron chi connectivity index (χ4n) is 3.44. The van der Waals surface area contributed by atoms with Crippen LogP contribution in [-0.2, 0) is 14.6 Å². The Labute approximate surface area is 219 Å². The zero-order valence-corrected chi connectivity index (χ0v) is 22.4. The fourth-order valence-corrected chi connectivity index (χ4v) is 4.86. The van der Waals surface area contributed by atoms with Gasteiger partial charge in [-0.2, -0.15) is 0 Å². The second-order valence-electron chi connectivity index (χ2n) is 7.57. The highest BCUT2D eigenvalue weighted by molar-refractivity contribution is 7.91. The van der Waals surface area contributed by atoms with Gasteiger partial charge in [0.15, 0.2) is 0 Å². The number of amides is 2. The van der Waals surface area contributed by atoms with Crippen molar-refractivity contribution in [2.24, 2.45) is 0 Å². The largest absolute Gasteiger partial charge is 0.465 e. The maximum atomic E-state index is 13.7. The zero-order valence-electron chi connectivity index (χ0n) is 21.6. The molecule has 0 saturated carbocycles. The summed E-state index contributed by atoms with van der Waals surface area (Å²) in [6.45, 7) is 7.12. The van der Waals surface area contributed by atoms with Gasteiger partial charge < -0.3 is 24.0 Å². The van der Waals surface area contributed by atoms with Crippen LogP contribution in [0.4, 0.5) is 15.3 Å². The maximum Gasteiger partial charge on any atom is 0.415 e. The van der Waals surface area contributed by atoms with Crippen molar-refractivity contribution in [3.05, 3.63) is 52.1 Å². The van der Waals surface area contributed by atoms with E-state index in [1.165, 1.54) is 29.2 Å². The normalized spacial score (nSPS) is 10.9. The Hall–Kier alpha value is -4.20. The SMILES string of the molecule is CCN(CC)C(=O)Oc1c(S(=O)(=O)c2ccccc2)cc(C(=O)OC)c([N+](=O)[O-])c1OC(=O)N(CC)CC. The van der Waals surface area contributed by atoms with Crippen molar-refractivity contribution in [1.29, 1.82) is 0 Å². The number of hydrogen-bond donors (Lipinski definition) is 0. The number of nitrogens with zero attached hydrogens (tertiary/aromatic N) is 3. The molecule has 2 amide bonds. The van der Waals surface area contributed by atoms with E-state index in [4.69, 9.17) is 9.47 Å². The van der Waals surface area contributed by atoms with Gasteiger partial charge in [-0.05, 0) is 45.9 Å². The summed E-state index contributed by atoms with van der Waals surface area (Å²) in [5.74, 6) is -3.21. The van der Waals surface area contributed by atoms with Crippen molar-refractivity contribution < 1.29 is 41.9 Å². The fraction of sp³-hybridized carbons (Fsp3) is 0.375. The van der Waals surface area contributed by atoms with E-state index >= 15 is 0 Å². The molecule has 0 bridgehead atoms. The molecule has 2 rings (SSSR count). The van der Waals surface area contributed by atoms with E-state index in [0.29, 0.717) is 6.07 Å². The lowest BCUT2D eigenvalue weighted by Crippen LogP contribution is -2.35. The van der Waals surface area contributed by atoms with Crippen LogP contribution in [0, 0.1) is 10.1 Å². The average Bonchev–Trinajstić information content (AvgIpc) is 2.90. The number of sulfone groups is 1. The number of methoxy groups -OCH3 is 1. The molecule has 0 fully saturated rings. The summed E-state index contributed by atoms with van der Waals surface area (Å²) in [4.78, 5) is 50.7. The third kappa shape index (κ3) is 6.19. The molecule has 0 saturated heterocycles. The van der Waals surface area contributed by atoms with Gasteiger partial charge in [-0.3, -0.25) is 10.1 Å². The van der Waals surface area contributed by atoms with Crippen molar-refractivity contribution >= 4 is 33.7 Å². The van der Waals surface area contributed by atoms with E-state index < -0.39 is 60.6 Å². The third-order valence-corrected chi connectivity index (χ3v) is 7.30. The van der Waals surface area contributed by atoms with Crippen LogP contribution in [0.3, 0.4) is 0 Å². The van der Waals surface area contributed by atoms with Gasteiger partial charge in [-0.15, -0.1) is 0 Å². The zero-order chi connectivity index (χ0) is 28.6. The highest BCUT2D eigenvalue weighted by atomic mass is 32.2. The van der Waals surface area contributed by atoms with Crippen LogP contribution in [-0.4, -0.2) is 74.6 Å². The highest BCUT2D eigenvalue weighted by Crippen LogP contribution is 2.46. The van der Waals surface area contributed by atoms with Crippen LogP contribution in [0.15, 0.2) is 46.2 Å². The van der Waals surface area contributed by atoms with Crippen molar-refractivity contribution in [3.63, 3.8) is 0 Å². The first-order valence-electron chi connectivity index (χ1n) is 11.7. The number of rotatable bonds is 10. The van der Waals surface area contributed by atoms with Crippen LogP contribution in [0.2, 0.25) is 0 Å². The topological polar surface area (TPSA) is 163 Å². The summed E-state index contributed by atoms with van der Waals surface area (Å²) in [5, 5.41) is 12.2. The Bertz CT molecular complexity index is 1300. The number of carbonyl (C=O) groups excluding carboxylic acids is 3. The molecule has 14 heteroatoms. The van der Waals surface area contributed by atoms with E-state index in [1.54, 1.807) is 33.8 Å². The van der Waals surface area contributed by atoms with Crippen LogP contribution in [0.1, 0.15) is 38.1 Å². The molecule has 0 N–H and O–H groups in total. The minimum absolute atomic E-state index is 0.142. The monoisotopic (exact) mass is 551 g/mol. The van der Waals surface area contributed by atoms with Gasteiger partial charge >= 0.3 is 23.8 Å². The second-order valence-corrected chi connectivity index (χ2v) is 9.49. The van der Waals surface area contributed by atoms with E-state index in [0.717, 1.165) is 12.0 Å². The van der Waals surface area contributed by atoms with Crippen LogP contribution >= 0.6 is 0 Å². The van der Waals surface area contributed by atoms with Gasteiger partial charge in [0.2, 0.25) is 15.6 Å². The molecule has 13 nitrogen and oxygen atoms in total. The van der Waals surface area contributed by atoms with Gasteiger partial charge in [0.05, 0.1) is 16.9 Å². The quantitative estimate of drug-likeness (QED) is 0.240. The highest BCUT2D eigenvalue weighted by Gasteiger charge is 2.40. The molecular formula is C24H29N3O10S.